The Balaban J connectivity index is 2.34. The smallest absolute Gasteiger partial charge is 0.307 e. The van der Waals surface area contributed by atoms with Crippen molar-refractivity contribution in [3.8, 4) is 0 Å². The Morgan fingerprint density at radius 1 is 1.36 bits per heavy atom. The zero-order valence-electron chi connectivity index (χ0n) is 12.2. The Morgan fingerprint density at radius 3 is 2.55 bits per heavy atom. The molecule has 1 N–H and O–H groups in total. The van der Waals surface area contributed by atoms with E-state index in [2.05, 4.69) is 5.32 Å². The van der Waals surface area contributed by atoms with Gasteiger partial charge in [0.15, 0.2) is 0 Å². The van der Waals surface area contributed by atoms with Crippen LogP contribution in [0.25, 0.3) is 0 Å². The van der Waals surface area contributed by atoms with Crippen LogP contribution in [-0.2, 0) is 15.0 Å². The second-order valence-electron chi connectivity index (χ2n) is 5.45. The molecule has 22 heavy (non-hydrogen) atoms. The fourth-order valence-electron chi connectivity index (χ4n) is 2.34. The summed E-state index contributed by atoms with van der Waals surface area (Å²) in [6.07, 6.45) is -0.418. The molecule has 2 rings (SSSR count). The molecule has 0 saturated carbocycles. The molecule has 0 aliphatic carbocycles. The number of nitrogens with one attached hydrogen (secondary N) is 1. The van der Waals surface area contributed by atoms with Crippen LogP contribution in [-0.4, -0.2) is 38.1 Å². The number of hydrogen-bond acceptors (Lipinski definition) is 4. The molecule has 120 valence electrons. The second kappa shape index (κ2) is 6.04. The summed E-state index contributed by atoms with van der Waals surface area (Å²) in [4.78, 5) is 25.3. The highest BCUT2D eigenvalue weighted by Gasteiger charge is 2.40. The maximum Gasteiger partial charge on any atom is 0.307 e. The van der Waals surface area contributed by atoms with Crippen LogP contribution in [0.2, 0.25) is 0 Å². The molecular formula is C14H17FN2O4S. The maximum absolute atomic E-state index is 13.1. The highest BCUT2D eigenvalue weighted by atomic mass is 32.3. The third-order valence-corrected chi connectivity index (χ3v) is 4.46. The minimum atomic E-state index is -4.79. The average Bonchev–Trinajstić information content (AvgIpc) is 2.80. The first-order chi connectivity index (χ1) is 10.2. The van der Waals surface area contributed by atoms with Crippen molar-refractivity contribution in [1.29, 1.82) is 0 Å². The predicted octanol–water partition coefficient (Wildman–Crippen LogP) is 1.23. The van der Waals surface area contributed by atoms with Crippen molar-refractivity contribution in [2.75, 3.05) is 11.4 Å². The van der Waals surface area contributed by atoms with Crippen LogP contribution in [0.4, 0.5) is 9.57 Å². The molecule has 8 heteroatoms. The van der Waals surface area contributed by atoms with Gasteiger partial charge in [-0.25, -0.2) is 0 Å². The first-order valence-corrected chi connectivity index (χ1v) is 8.28. The van der Waals surface area contributed by atoms with Crippen molar-refractivity contribution in [3.63, 3.8) is 0 Å². The van der Waals surface area contributed by atoms with Gasteiger partial charge < -0.3 is 10.2 Å². The Bertz CT molecular complexity index is 703. The van der Waals surface area contributed by atoms with Gasteiger partial charge in [0.1, 0.15) is 5.25 Å². The van der Waals surface area contributed by atoms with Gasteiger partial charge in [-0.2, -0.15) is 8.42 Å². The van der Waals surface area contributed by atoms with Gasteiger partial charge in [-0.1, -0.05) is 12.1 Å². The molecule has 1 aliphatic rings. The summed E-state index contributed by atoms with van der Waals surface area (Å²) in [5, 5.41) is 1.32. The molecule has 1 aromatic rings. The number of para-hydroxylation sites is 1. The SMILES string of the molecule is CC(C)NC(=O)c1ccccc1N1CC(S(=O)(=O)F)CC1=O. The predicted molar refractivity (Wildman–Crippen MR) is 79.8 cm³/mol. The molecule has 1 fully saturated rings. The molecule has 1 unspecified atom stereocenters. The fraction of sp³-hybridized carbons (Fsp3) is 0.429. The van der Waals surface area contributed by atoms with Gasteiger partial charge in [-0.3, -0.25) is 9.59 Å². The van der Waals surface area contributed by atoms with Crippen LogP contribution in [0.15, 0.2) is 24.3 Å². The van der Waals surface area contributed by atoms with Crippen molar-refractivity contribution in [3.05, 3.63) is 29.8 Å². The Hall–Kier alpha value is -1.96. The maximum atomic E-state index is 13.1. The lowest BCUT2D eigenvalue weighted by Crippen LogP contribution is -2.33. The van der Waals surface area contributed by atoms with Gasteiger partial charge in [-0.05, 0) is 26.0 Å². The zero-order valence-corrected chi connectivity index (χ0v) is 13.1. The summed E-state index contributed by atoms with van der Waals surface area (Å²) < 4.78 is 35.1. The summed E-state index contributed by atoms with van der Waals surface area (Å²) in [6, 6.07) is 6.26. The van der Waals surface area contributed by atoms with Crippen molar-refractivity contribution in [2.45, 2.75) is 31.6 Å². The summed E-state index contributed by atoms with van der Waals surface area (Å²) >= 11 is 0. The third kappa shape index (κ3) is 3.44. The molecule has 1 aromatic carbocycles. The van der Waals surface area contributed by atoms with Gasteiger partial charge in [0, 0.05) is 19.0 Å². The summed E-state index contributed by atoms with van der Waals surface area (Å²) in [5.41, 5.74) is 0.540. The standard InChI is InChI=1S/C14H17FN2O4S/c1-9(2)16-14(19)11-5-3-4-6-12(11)17-8-10(7-13(17)18)22(15,20)21/h3-6,9-10H,7-8H2,1-2H3,(H,16,19). The van der Waals surface area contributed by atoms with Gasteiger partial charge in [0.05, 0.1) is 11.3 Å². The van der Waals surface area contributed by atoms with Crippen molar-refractivity contribution >= 4 is 27.7 Å². The quantitative estimate of drug-likeness (QED) is 0.843. The molecule has 0 radical (unpaired) electrons. The summed E-state index contributed by atoms with van der Waals surface area (Å²) in [7, 11) is -4.79. The molecule has 0 aromatic heterocycles. The number of nitrogens with zero attached hydrogens (tertiary/aromatic N) is 1. The first-order valence-electron chi connectivity index (χ1n) is 6.84. The third-order valence-electron chi connectivity index (χ3n) is 3.35. The number of benzene rings is 1. The number of anilines is 1. The molecule has 1 heterocycles. The number of carbonyl (C=O) groups excluding carboxylic acids is 2. The van der Waals surface area contributed by atoms with E-state index < -0.39 is 27.8 Å². The minimum Gasteiger partial charge on any atom is -0.350 e. The topological polar surface area (TPSA) is 83.6 Å². The molecular weight excluding hydrogens is 311 g/mol. The fourth-order valence-corrected chi connectivity index (χ4v) is 3.01. The van der Waals surface area contributed by atoms with E-state index in [1.165, 1.54) is 6.07 Å². The van der Waals surface area contributed by atoms with E-state index in [0.717, 1.165) is 4.90 Å². The molecule has 0 spiro atoms. The number of rotatable bonds is 4. The van der Waals surface area contributed by atoms with Crippen molar-refractivity contribution in [2.24, 2.45) is 0 Å². The van der Waals surface area contributed by atoms with Gasteiger partial charge in [0.25, 0.3) is 5.91 Å². The van der Waals surface area contributed by atoms with E-state index >= 15 is 0 Å². The van der Waals surface area contributed by atoms with Crippen molar-refractivity contribution in [1.82, 2.24) is 5.32 Å². The van der Waals surface area contributed by atoms with E-state index in [0.29, 0.717) is 0 Å². The summed E-state index contributed by atoms with van der Waals surface area (Å²) in [5.74, 6) is -0.888. The highest BCUT2D eigenvalue weighted by molar-refractivity contribution is 7.87. The van der Waals surface area contributed by atoms with Crippen LogP contribution in [0.3, 0.4) is 0 Å². The zero-order chi connectivity index (χ0) is 16.5. The normalized spacial score (nSPS) is 18.8. The van der Waals surface area contributed by atoms with Gasteiger partial charge in [-0.15, -0.1) is 3.89 Å². The number of halogens is 1. The molecule has 0 bridgehead atoms. The second-order valence-corrected chi connectivity index (χ2v) is 7.07. The number of amides is 2. The van der Waals surface area contributed by atoms with E-state index in [1.807, 2.05) is 0 Å². The van der Waals surface area contributed by atoms with Gasteiger partial charge in [0.2, 0.25) is 5.91 Å². The molecule has 1 aliphatic heterocycles. The summed E-state index contributed by atoms with van der Waals surface area (Å²) in [6.45, 7) is 3.31. The number of carbonyl (C=O) groups is 2. The average molecular weight is 328 g/mol. The van der Waals surface area contributed by atoms with E-state index in [9.17, 15) is 21.9 Å². The molecule has 1 atom stereocenters. The number of hydrogen-bond donors (Lipinski definition) is 1. The van der Waals surface area contributed by atoms with E-state index in [4.69, 9.17) is 0 Å². The van der Waals surface area contributed by atoms with Crippen LogP contribution in [0.5, 0.6) is 0 Å². The van der Waals surface area contributed by atoms with Crippen LogP contribution in [0, 0.1) is 0 Å². The molecule has 6 nitrogen and oxygen atoms in total. The minimum absolute atomic E-state index is 0.0891. The van der Waals surface area contributed by atoms with Gasteiger partial charge >= 0.3 is 10.2 Å². The highest BCUT2D eigenvalue weighted by Crippen LogP contribution is 2.28. The Labute approximate surface area is 128 Å². The Kier molecular flexibility index (Phi) is 4.50. The first kappa shape index (κ1) is 16.4. The Morgan fingerprint density at radius 2 is 2.00 bits per heavy atom. The van der Waals surface area contributed by atoms with Crippen LogP contribution >= 0.6 is 0 Å². The lowest BCUT2D eigenvalue weighted by Gasteiger charge is -2.20. The van der Waals surface area contributed by atoms with Crippen LogP contribution in [0.1, 0.15) is 30.6 Å². The molecule has 1 saturated heterocycles. The van der Waals surface area contributed by atoms with Crippen LogP contribution < -0.4 is 10.2 Å². The lowest BCUT2D eigenvalue weighted by molar-refractivity contribution is -0.117. The van der Waals surface area contributed by atoms with E-state index in [-0.39, 0.29) is 29.7 Å². The monoisotopic (exact) mass is 328 g/mol. The largest absolute Gasteiger partial charge is 0.350 e. The van der Waals surface area contributed by atoms with E-state index in [1.54, 1.807) is 32.0 Å². The molecule has 2 amide bonds. The lowest BCUT2D eigenvalue weighted by atomic mass is 10.1. The van der Waals surface area contributed by atoms with Crippen molar-refractivity contribution < 1.29 is 21.9 Å².